The number of likely N-dealkylation sites (tertiary alicyclic amines) is 1. The van der Waals surface area contributed by atoms with Crippen LogP contribution in [0.2, 0.25) is 0 Å². The van der Waals surface area contributed by atoms with Gasteiger partial charge in [-0.25, -0.2) is 4.39 Å². The van der Waals surface area contributed by atoms with Gasteiger partial charge in [0.25, 0.3) is 0 Å². The van der Waals surface area contributed by atoms with Crippen molar-refractivity contribution < 1.29 is 9.18 Å². The highest BCUT2D eigenvalue weighted by Gasteiger charge is 2.19. The Hall–Kier alpha value is -1.22. The number of carbonyl (C=O) groups is 1. The third kappa shape index (κ3) is 3.16. The van der Waals surface area contributed by atoms with Crippen molar-refractivity contribution in [3.05, 3.63) is 35.1 Å². The number of aryl methyl sites for hydroxylation is 1. The molecule has 1 aromatic rings. The maximum absolute atomic E-state index is 13.2. The Balaban J connectivity index is 2.00. The van der Waals surface area contributed by atoms with Gasteiger partial charge in [-0.2, -0.15) is 0 Å². The Morgan fingerprint density at radius 2 is 2.28 bits per heavy atom. The van der Waals surface area contributed by atoms with E-state index in [-0.39, 0.29) is 11.6 Å². The first kappa shape index (κ1) is 13.2. The fourth-order valence-electron chi connectivity index (χ4n) is 2.54. The minimum atomic E-state index is -0.252. The zero-order valence-electron chi connectivity index (χ0n) is 11.1. The maximum Gasteiger partial charge on any atom is 0.176 e. The number of hydrogen-bond acceptors (Lipinski definition) is 2. The topological polar surface area (TPSA) is 20.3 Å². The van der Waals surface area contributed by atoms with Gasteiger partial charge in [0.1, 0.15) is 5.82 Å². The SMILES string of the molecule is Cc1cc(C(=O)CN2CCCC(C)C2)ccc1F. The Kier molecular flexibility index (Phi) is 4.12. The van der Waals surface area contributed by atoms with Crippen LogP contribution in [0.25, 0.3) is 0 Å². The van der Waals surface area contributed by atoms with E-state index >= 15 is 0 Å². The zero-order valence-corrected chi connectivity index (χ0v) is 11.1. The van der Waals surface area contributed by atoms with Gasteiger partial charge in [0.05, 0.1) is 6.54 Å². The van der Waals surface area contributed by atoms with Gasteiger partial charge in [-0.1, -0.05) is 6.92 Å². The molecule has 1 fully saturated rings. The molecule has 1 aromatic carbocycles. The number of hydrogen-bond donors (Lipinski definition) is 0. The molecule has 2 nitrogen and oxygen atoms in total. The number of halogens is 1. The summed E-state index contributed by atoms with van der Waals surface area (Å²) in [6, 6.07) is 4.60. The maximum atomic E-state index is 13.2. The van der Waals surface area contributed by atoms with E-state index in [4.69, 9.17) is 0 Å². The van der Waals surface area contributed by atoms with Crippen LogP contribution in [0.15, 0.2) is 18.2 Å². The predicted octanol–water partition coefficient (Wildman–Crippen LogP) is 3.05. The van der Waals surface area contributed by atoms with Crippen molar-refractivity contribution in [2.45, 2.75) is 26.7 Å². The zero-order chi connectivity index (χ0) is 13.1. The molecule has 98 valence electrons. The minimum absolute atomic E-state index is 0.0900. The van der Waals surface area contributed by atoms with Crippen LogP contribution < -0.4 is 0 Å². The highest BCUT2D eigenvalue weighted by Crippen LogP contribution is 2.16. The molecule has 0 aliphatic carbocycles. The van der Waals surface area contributed by atoms with Crippen molar-refractivity contribution in [3.8, 4) is 0 Å². The molecule has 0 bridgehead atoms. The smallest absolute Gasteiger partial charge is 0.176 e. The van der Waals surface area contributed by atoms with Gasteiger partial charge in [0.15, 0.2) is 5.78 Å². The first-order chi connectivity index (χ1) is 8.56. The first-order valence-corrected chi connectivity index (χ1v) is 6.58. The van der Waals surface area contributed by atoms with Crippen LogP contribution in [-0.4, -0.2) is 30.3 Å². The Morgan fingerprint density at radius 1 is 1.50 bits per heavy atom. The molecule has 0 N–H and O–H groups in total. The van der Waals surface area contributed by atoms with Crippen molar-refractivity contribution in [2.75, 3.05) is 19.6 Å². The summed E-state index contributed by atoms with van der Waals surface area (Å²) in [7, 11) is 0. The fraction of sp³-hybridized carbons (Fsp3) is 0.533. The normalized spacial score (nSPS) is 20.9. The van der Waals surface area contributed by atoms with Crippen molar-refractivity contribution in [3.63, 3.8) is 0 Å². The summed E-state index contributed by atoms with van der Waals surface area (Å²) in [4.78, 5) is 14.3. The number of carbonyl (C=O) groups excluding carboxylic acids is 1. The number of Topliss-reactive ketones (excluding diaryl/α,β-unsaturated/α-hetero) is 1. The molecule has 1 aliphatic heterocycles. The molecule has 0 spiro atoms. The highest BCUT2D eigenvalue weighted by molar-refractivity contribution is 5.97. The first-order valence-electron chi connectivity index (χ1n) is 6.58. The van der Waals surface area contributed by atoms with Crippen LogP contribution in [0.4, 0.5) is 4.39 Å². The largest absolute Gasteiger partial charge is 0.296 e. The second-order valence-corrected chi connectivity index (χ2v) is 5.37. The van der Waals surface area contributed by atoms with Crippen LogP contribution in [-0.2, 0) is 0 Å². The van der Waals surface area contributed by atoms with Gasteiger partial charge in [-0.15, -0.1) is 0 Å². The van der Waals surface area contributed by atoms with Crippen molar-refractivity contribution in [2.24, 2.45) is 5.92 Å². The summed E-state index contributed by atoms with van der Waals surface area (Å²) >= 11 is 0. The molecular weight excluding hydrogens is 229 g/mol. The molecule has 1 unspecified atom stereocenters. The van der Waals surface area contributed by atoms with E-state index in [1.54, 1.807) is 19.1 Å². The Morgan fingerprint density at radius 3 is 2.94 bits per heavy atom. The fourth-order valence-corrected chi connectivity index (χ4v) is 2.54. The number of nitrogens with zero attached hydrogens (tertiary/aromatic N) is 1. The number of ketones is 1. The lowest BCUT2D eigenvalue weighted by molar-refractivity contribution is 0.0893. The molecule has 2 rings (SSSR count). The van der Waals surface area contributed by atoms with E-state index in [2.05, 4.69) is 11.8 Å². The van der Waals surface area contributed by atoms with Crippen LogP contribution in [0.5, 0.6) is 0 Å². The van der Waals surface area contributed by atoms with Crippen LogP contribution >= 0.6 is 0 Å². The Labute approximate surface area is 108 Å². The van der Waals surface area contributed by atoms with Crippen LogP contribution in [0, 0.1) is 18.7 Å². The lowest BCUT2D eigenvalue weighted by Gasteiger charge is -2.30. The van der Waals surface area contributed by atoms with E-state index < -0.39 is 0 Å². The average Bonchev–Trinajstić information content (AvgIpc) is 2.32. The van der Waals surface area contributed by atoms with E-state index in [1.165, 1.54) is 12.5 Å². The molecule has 0 saturated carbocycles. The summed E-state index contributed by atoms with van der Waals surface area (Å²) in [5.41, 5.74) is 1.15. The van der Waals surface area contributed by atoms with Gasteiger partial charge in [0.2, 0.25) is 0 Å². The molecule has 0 amide bonds. The third-order valence-electron chi connectivity index (χ3n) is 3.59. The average molecular weight is 249 g/mol. The highest BCUT2D eigenvalue weighted by atomic mass is 19.1. The molecule has 1 heterocycles. The molecule has 1 aliphatic rings. The number of rotatable bonds is 3. The van der Waals surface area contributed by atoms with Gasteiger partial charge in [-0.05, 0) is 56.0 Å². The standard InChI is InChI=1S/C15H20FNO/c1-11-4-3-7-17(9-11)10-15(18)13-5-6-14(16)12(2)8-13/h5-6,8,11H,3-4,7,9-10H2,1-2H3. The van der Waals surface area contributed by atoms with Crippen molar-refractivity contribution >= 4 is 5.78 Å². The minimum Gasteiger partial charge on any atom is -0.296 e. The summed E-state index contributed by atoms with van der Waals surface area (Å²) in [5.74, 6) is 0.506. The van der Waals surface area contributed by atoms with E-state index in [1.807, 2.05) is 0 Å². The summed E-state index contributed by atoms with van der Waals surface area (Å²) < 4.78 is 13.2. The predicted molar refractivity (Wildman–Crippen MR) is 70.3 cm³/mol. The second kappa shape index (κ2) is 5.61. The molecule has 3 heteroatoms. The molecule has 1 atom stereocenters. The summed E-state index contributed by atoms with van der Waals surface area (Å²) in [5, 5.41) is 0. The van der Waals surface area contributed by atoms with Crippen molar-refractivity contribution in [1.82, 2.24) is 4.90 Å². The number of benzene rings is 1. The molecular formula is C15H20FNO. The Bertz CT molecular complexity index is 444. The molecule has 1 saturated heterocycles. The van der Waals surface area contributed by atoms with Crippen LogP contribution in [0.1, 0.15) is 35.7 Å². The van der Waals surface area contributed by atoms with Crippen LogP contribution in [0.3, 0.4) is 0 Å². The van der Waals surface area contributed by atoms with Gasteiger partial charge in [-0.3, -0.25) is 9.69 Å². The van der Waals surface area contributed by atoms with E-state index in [0.717, 1.165) is 19.5 Å². The monoisotopic (exact) mass is 249 g/mol. The van der Waals surface area contributed by atoms with Gasteiger partial charge in [0, 0.05) is 12.1 Å². The molecule has 0 aromatic heterocycles. The van der Waals surface area contributed by atoms with Gasteiger partial charge < -0.3 is 0 Å². The second-order valence-electron chi connectivity index (χ2n) is 5.37. The number of piperidine rings is 1. The molecule has 0 radical (unpaired) electrons. The molecule has 18 heavy (non-hydrogen) atoms. The van der Waals surface area contributed by atoms with E-state index in [9.17, 15) is 9.18 Å². The lowest BCUT2D eigenvalue weighted by Crippen LogP contribution is -2.38. The third-order valence-corrected chi connectivity index (χ3v) is 3.59. The summed E-state index contributed by atoms with van der Waals surface area (Å²) in [6.07, 6.45) is 2.41. The van der Waals surface area contributed by atoms with Crippen molar-refractivity contribution in [1.29, 1.82) is 0 Å². The summed E-state index contributed by atoms with van der Waals surface area (Å²) in [6.45, 7) is 6.35. The quantitative estimate of drug-likeness (QED) is 0.767. The van der Waals surface area contributed by atoms with Gasteiger partial charge >= 0.3 is 0 Å². The van der Waals surface area contributed by atoms with E-state index in [0.29, 0.717) is 23.6 Å². The lowest BCUT2D eigenvalue weighted by atomic mass is 9.99.